The van der Waals surface area contributed by atoms with Gasteiger partial charge in [-0.3, -0.25) is 9.59 Å². The molecule has 6 rings (SSSR count). The number of nitrogens with zero attached hydrogens (tertiary/aromatic N) is 5. The number of hydrogen-bond donors (Lipinski definition) is 4. The first kappa shape index (κ1) is 71.4. The summed E-state index contributed by atoms with van der Waals surface area (Å²) in [6.07, 6.45) is 4.56. The van der Waals surface area contributed by atoms with Crippen molar-refractivity contribution in [1.29, 1.82) is 0 Å². The SMILES string of the molecule is CCO.CN(C)S(=O)(=O)c1cccc(-c2ccc(=O)[nH]c2)c1.CN(C)S(=O)(=O)c1cccc(Br)c1.COc1ccc(-c2cccc(S(=O)(=O)N(C)C)c2)cn1.COc1ccc(B(O)O)cn1.O=CO[O-].[H-].[K+].[K+]. The number of H-pyrrole nitrogens is 1. The molecular weight excluding hydrogens is 1120 g/mol. The van der Waals surface area contributed by atoms with Gasteiger partial charge >= 0.3 is 110 Å². The predicted octanol–water partition coefficient (Wildman–Crippen LogP) is -3.68. The number of nitrogens with one attached hydrogen (secondary N) is 1. The molecular formula is C44H56BBrK2N6O15S3. The van der Waals surface area contributed by atoms with E-state index in [1.165, 1.54) is 80.6 Å². The Bertz CT molecular complexity index is 2910. The van der Waals surface area contributed by atoms with E-state index in [-0.39, 0.29) is 133 Å². The summed E-state index contributed by atoms with van der Waals surface area (Å²) < 4.78 is 85.5. The van der Waals surface area contributed by atoms with E-state index in [4.69, 9.17) is 34.7 Å². The molecule has 0 radical (unpaired) electrons. The molecule has 0 bridgehead atoms. The minimum atomic E-state index is -3.45. The number of aromatic nitrogens is 3. The van der Waals surface area contributed by atoms with E-state index in [0.717, 1.165) is 26.7 Å². The second kappa shape index (κ2) is 36.4. The molecule has 0 saturated heterocycles. The Hall–Kier alpha value is -2.63. The fourth-order valence-electron chi connectivity index (χ4n) is 4.86. The van der Waals surface area contributed by atoms with Crippen LogP contribution in [0.15, 0.2) is 152 Å². The third-order valence-electron chi connectivity index (χ3n) is 8.50. The van der Waals surface area contributed by atoms with Gasteiger partial charge in [-0.2, -0.15) is 0 Å². The standard InChI is InChI=1S/C14H16N2O3S.C13H14N2O3S.C8H10BrNO2S.C6H8BNO3.C2H6O.CH2O3.2K.H/c1-16(2)20(17,18)13-6-4-5-11(9-13)12-7-8-14(19-3)15-10-12;1-15(2)19(17,18)12-5-3-4-10(8-12)11-6-7-13(16)14-9-11;1-10(2)13(11,12)8-5-3-4-7(9)6-8;1-11-6-3-2-5(4-8-6)7(9)10;1-2-3;2-1-4-3;;;/h4-10H,1-3H3;3-9H,1-2H3,(H,14,16);3-6H,1-2H3;2-4,9-10H,1H3;3H,2H2,1H3;1,3H;;;/q;;;;;;2*+1;-1/p-1. The quantitative estimate of drug-likeness (QED) is 0.0397. The Kier molecular flexibility index (Phi) is 36.1. The molecule has 4 N–H and O–H groups in total. The number of hydrogen-bond acceptors (Lipinski definition) is 17. The second-order valence-electron chi connectivity index (χ2n) is 13.9. The first-order valence-electron chi connectivity index (χ1n) is 20.0. The van der Waals surface area contributed by atoms with Gasteiger partial charge in [-0.1, -0.05) is 52.3 Å². The first-order valence-corrected chi connectivity index (χ1v) is 25.1. The number of aromatic amines is 1. The number of benzene rings is 3. The number of sulfonamides is 3. The predicted molar refractivity (Wildman–Crippen MR) is 267 cm³/mol. The maximum Gasteiger partial charge on any atom is 1.00 e. The van der Waals surface area contributed by atoms with Crippen molar-refractivity contribution in [2.24, 2.45) is 0 Å². The Balaban J connectivity index is -0.000000863. The molecule has 0 aliphatic heterocycles. The molecule has 0 amide bonds. The zero-order valence-electron chi connectivity index (χ0n) is 42.6. The van der Waals surface area contributed by atoms with Crippen LogP contribution in [0.2, 0.25) is 0 Å². The van der Waals surface area contributed by atoms with Crippen LogP contribution < -0.4 is 129 Å². The van der Waals surface area contributed by atoms with E-state index >= 15 is 0 Å². The number of carbonyl (C=O) groups excluding carboxylic acids is 1. The van der Waals surface area contributed by atoms with Gasteiger partial charge in [0.25, 0.3) is 6.47 Å². The van der Waals surface area contributed by atoms with Crippen molar-refractivity contribution >= 4 is 65.1 Å². The third-order valence-corrected chi connectivity index (χ3v) is 14.4. The van der Waals surface area contributed by atoms with Crippen LogP contribution in [-0.4, -0.2) is 145 Å². The van der Waals surface area contributed by atoms with E-state index in [0.29, 0.717) is 22.1 Å². The van der Waals surface area contributed by atoms with Crippen LogP contribution in [0.4, 0.5) is 0 Å². The van der Waals surface area contributed by atoms with Crippen LogP contribution in [0.3, 0.4) is 0 Å². The number of aliphatic hydroxyl groups excluding tert-OH is 1. The summed E-state index contributed by atoms with van der Waals surface area (Å²) in [5, 5.41) is 33.3. The molecule has 3 heterocycles. The largest absolute Gasteiger partial charge is 1.00 e. The number of pyridine rings is 3. The summed E-state index contributed by atoms with van der Waals surface area (Å²) in [6.45, 7) is 1.75. The maximum absolute atomic E-state index is 12.1. The number of aliphatic hydroxyl groups is 1. The third kappa shape index (κ3) is 24.4. The summed E-state index contributed by atoms with van der Waals surface area (Å²) in [5.74, 6) is 0.972. The maximum atomic E-state index is 12.1. The Morgan fingerprint density at radius 1 is 0.653 bits per heavy atom. The topological polar surface area (TPSA) is 299 Å². The molecule has 0 fully saturated rings. The fourth-order valence-corrected chi connectivity index (χ4v) is 8.25. The van der Waals surface area contributed by atoms with Crippen molar-refractivity contribution in [1.82, 2.24) is 27.9 Å². The van der Waals surface area contributed by atoms with Crippen molar-refractivity contribution in [3.05, 3.63) is 143 Å². The van der Waals surface area contributed by atoms with Gasteiger partial charge in [0.05, 0.1) is 28.9 Å². The average molecular weight is 1170 g/mol. The summed E-state index contributed by atoms with van der Waals surface area (Å²) >= 11 is 3.22. The summed E-state index contributed by atoms with van der Waals surface area (Å²) in [4.78, 5) is 33.5. The Morgan fingerprint density at radius 2 is 1.04 bits per heavy atom. The van der Waals surface area contributed by atoms with Gasteiger partial charge in [0.2, 0.25) is 47.4 Å². The van der Waals surface area contributed by atoms with Crippen LogP contribution in [0.1, 0.15) is 8.35 Å². The normalized spacial score (nSPS) is 10.5. The van der Waals surface area contributed by atoms with Crippen LogP contribution in [0.5, 0.6) is 11.8 Å². The number of halogens is 1. The zero-order valence-corrected chi connectivity index (χ0v) is 51.8. The second-order valence-corrected chi connectivity index (χ2v) is 21.3. The van der Waals surface area contributed by atoms with Crippen molar-refractivity contribution < 1.29 is 169 Å². The van der Waals surface area contributed by atoms with Gasteiger partial charge in [0.1, 0.15) is 0 Å². The summed E-state index contributed by atoms with van der Waals surface area (Å²) in [7, 11) is 0.417. The molecule has 0 aliphatic rings. The van der Waals surface area contributed by atoms with E-state index in [1.807, 2.05) is 12.1 Å². The molecule has 0 aliphatic carbocycles. The van der Waals surface area contributed by atoms with E-state index < -0.39 is 37.2 Å². The van der Waals surface area contributed by atoms with Gasteiger partial charge in [0, 0.05) is 95.1 Å². The molecule has 21 nitrogen and oxygen atoms in total. The van der Waals surface area contributed by atoms with Crippen LogP contribution >= 0.6 is 15.9 Å². The minimum absolute atomic E-state index is 0. The molecule has 72 heavy (non-hydrogen) atoms. The molecule has 28 heteroatoms. The number of methoxy groups -OCH3 is 2. The average Bonchev–Trinajstić information content (AvgIpc) is 3.35. The molecule has 3 aromatic carbocycles. The number of ether oxygens (including phenoxy) is 2. The summed E-state index contributed by atoms with van der Waals surface area (Å²) in [6, 6.07) is 29.8. The molecule has 0 spiro atoms. The molecule has 382 valence electrons. The molecule has 0 atom stereocenters. The van der Waals surface area contributed by atoms with Gasteiger partial charge in [-0.25, -0.2) is 48.1 Å². The van der Waals surface area contributed by atoms with Gasteiger partial charge < -0.3 is 41.2 Å². The van der Waals surface area contributed by atoms with Crippen molar-refractivity contribution in [3.63, 3.8) is 0 Å². The fraction of sp³-hybridized carbons (Fsp3) is 0.227. The zero-order chi connectivity index (χ0) is 53.2. The van der Waals surface area contributed by atoms with Crippen LogP contribution in [-0.2, 0) is 39.8 Å². The van der Waals surface area contributed by atoms with Crippen molar-refractivity contribution in [2.75, 3.05) is 63.1 Å². The first-order chi connectivity index (χ1) is 32.9. The van der Waals surface area contributed by atoms with Gasteiger partial charge in [-0.05, 0) is 84.3 Å². The van der Waals surface area contributed by atoms with Crippen molar-refractivity contribution in [3.8, 4) is 34.0 Å². The van der Waals surface area contributed by atoms with Crippen LogP contribution in [0, 0.1) is 0 Å². The van der Waals surface area contributed by atoms with Gasteiger partial charge in [-0.15, -0.1) is 0 Å². The summed E-state index contributed by atoms with van der Waals surface area (Å²) in [5.41, 5.74) is 3.28. The van der Waals surface area contributed by atoms with E-state index in [1.54, 1.807) is 111 Å². The van der Waals surface area contributed by atoms with Crippen LogP contribution in [0.25, 0.3) is 22.3 Å². The van der Waals surface area contributed by atoms with E-state index in [2.05, 4.69) is 35.8 Å². The smallest absolute Gasteiger partial charge is 1.00 e. The van der Waals surface area contributed by atoms with Crippen molar-refractivity contribution in [2.45, 2.75) is 21.6 Å². The Labute approximate surface area is 516 Å². The number of carbonyl (C=O) groups is 1. The Morgan fingerprint density at radius 3 is 1.36 bits per heavy atom. The molecule has 0 saturated carbocycles. The van der Waals surface area contributed by atoms with E-state index in [9.17, 15) is 30.0 Å². The molecule has 3 aromatic heterocycles. The number of rotatable bonds is 12. The molecule has 0 unspecified atom stereocenters. The molecule has 6 aromatic rings. The minimum Gasteiger partial charge on any atom is -1.00 e. The monoisotopic (exact) mass is 1170 g/mol. The van der Waals surface area contributed by atoms with Gasteiger partial charge in [0.15, 0.2) is 0 Å².